The lowest BCUT2D eigenvalue weighted by Crippen LogP contribution is -2.37. The Morgan fingerprint density at radius 1 is 1.07 bits per heavy atom. The number of benzene rings is 1. The summed E-state index contributed by atoms with van der Waals surface area (Å²) in [5.74, 6) is 1.42. The van der Waals surface area contributed by atoms with Gasteiger partial charge in [0, 0.05) is 12.1 Å². The molecule has 1 fully saturated rings. The summed E-state index contributed by atoms with van der Waals surface area (Å²) in [6.07, 6.45) is 5.71. The largest absolute Gasteiger partial charge is 0.460 e. The normalized spacial score (nSPS) is 15.0. The lowest BCUT2D eigenvalue weighted by molar-refractivity contribution is 0.0920. The Labute approximate surface area is 165 Å². The third-order valence-electron chi connectivity index (χ3n) is 5.46. The zero-order valence-electron chi connectivity index (χ0n) is 16.8. The van der Waals surface area contributed by atoms with Crippen molar-refractivity contribution in [3.05, 3.63) is 59.0 Å². The fourth-order valence-corrected chi connectivity index (χ4v) is 3.97. The highest BCUT2D eigenvalue weighted by Crippen LogP contribution is 2.26. The molecular formula is C23H27N3O2. The van der Waals surface area contributed by atoms with E-state index in [0.717, 1.165) is 29.9 Å². The minimum Gasteiger partial charge on any atom is -0.460 e. The maximum absolute atomic E-state index is 13.1. The summed E-state index contributed by atoms with van der Waals surface area (Å²) in [4.78, 5) is 13.1. The average molecular weight is 377 g/mol. The van der Waals surface area contributed by atoms with E-state index in [1.807, 2.05) is 44.2 Å². The van der Waals surface area contributed by atoms with Gasteiger partial charge in [-0.15, -0.1) is 0 Å². The van der Waals surface area contributed by atoms with E-state index in [1.54, 1.807) is 4.68 Å². The van der Waals surface area contributed by atoms with Gasteiger partial charge in [-0.05, 0) is 57.4 Å². The Morgan fingerprint density at radius 2 is 1.86 bits per heavy atom. The van der Waals surface area contributed by atoms with Crippen molar-refractivity contribution in [1.82, 2.24) is 15.1 Å². The predicted molar refractivity (Wildman–Crippen MR) is 110 cm³/mol. The van der Waals surface area contributed by atoms with E-state index in [9.17, 15) is 4.79 Å². The van der Waals surface area contributed by atoms with Gasteiger partial charge in [-0.2, -0.15) is 5.10 Å². The van der Waals surface area contributed by atoms with Gasteiger partial charge in [-0.3, -0.25) is 4.79 Å². The molecular weight excluding hydrogens is 350 g/mol. The molecule has 0 bridgehead atoms. The minimum atomic E-state index is -0.0751. The number of carbonyl (C=O) groups is 1. The van der Waals surface area contributed by atoms with Crippen LogP contribution in [-0.2, 0) is 0 Å². The third kappa shape index (κ3) is 3.75. The molecule has 5 nitrogen and oxygen atoms in total. The number of carbonyl (C=O) groups excluding carboxylic acids is 1. The summed E-state index contributed by atoms with van der Waals surface area (Å²) in [5, 5.41) is 7.95. The van der Waals surface area contributed by atoms with Gasteiger partial charge >= 0.3 is 0 Å². The topological polar surface area (TPSA) is 60.1 Å². The summed E-state index contributed by atoms with van der Waals surface area (Å²) >= 11 is 0. The van der Waals surface area contributed by atoms with Gasteiger partial charge in [0.05, 0.1) is 5.69 Å². The van der Waals surface area contributed by atoms with Crippen molar-refractivity contribution >= 4 is 5.91 Å². The van der Waals surface area contributed by atoms with Gasteiger partial charge in [-0.1, -0.05) is 37.0 Å². The molecule has 2 aromatic heterocycles. The van der Waals surface area contributed by atoms with Gasteiger partial charge in [-0.25, -0.2) is 4.68 Å². The molecule has 2 heterocycles. The molecule has 0 unspecified atom stereocenters. The first kappa shape index (κ1) is 18.5. The lowest BCUT2D eigenvalue weighted by Gasteiger charge is -2.23. The number of nitrogens with zero attached hydrogens (tertiary/aromatic N) is 2. The van der Waals surface area contributed by atoms with Crippen LogP contribution in [0.15, 0.2) is 40.8 Å². The Balaban J connectivity index is 1.74. The Morgan fingerprint density at radius 3 is 2.54 bits per heavy atom. The van der Waals surface area contributed by atoms with Crippen LogP contribution in [0.3, 0.4) is 0 Å². The third-order valence-corrected chi connectivity index (χ3v) is 5.46. The average Bonchev–Trinajstić information content (AvgIpc) is 3.29. The number of rotatable bonds is 4. The standard InChI is InChI=1S/C23H27N3O2/c1-15-9-11-20(16(2)13-15)26-21(23(27)24-18-7-5-4-6-8-18)14-19(25-26)22-12-10-17(3)28-22/h9-14,18H,4-8H2,1-3H3,(H,24,27). The summed E-state index contributed by atoms with van der Waals surface area (Å²) in [6, 6.07) is 12.1. The molecule has 0 atom stereocenters. The molecule has 0 aliphatic heterocycles. The Hall–Kier alpha value is -2.82. The smallest absolute Gasteiger partial charge is 0.270 e. The SMILES string of the molecule is Cc1ccc(-n2nc(-c3ccc(C)o3)cc2C(=O)NC2CCCCC2)c(C)c1. The summed E-state index contributed by atoms with van der Waals surface area (Å²) in [7, 11) is 0. The maximum Gasteiger partial charge on any atom is 0.270 e. The molecule has 28 heavy (non-hydrogen) atoms. The Kier molecular flexibility index (Phi) is 5.07. The second-order valence-corrected chi connectivity index (χ2v) is 7.84. The Bertz CT molecular complexity index is 993. The van der Waals surface area contributed by atoms with Crippen LogP contribution in [0.2, 0.25) is 0 Å². The monoisotopic (exact) mass is 377 g/mol. The van der Waals surface area contributed by atoms with Gasteiger partial charge in [0.1, 0.15) is 17.1 Å². The maximum atomic E-state index is 13.1. The number of nitrogens with one attached hydrogen (secondary N) is 1. The van der Waals surface area contributed by atoms with Gasteiger partial charge in [0.2, 0.25) is 0 Å². The van der Waals surface area contributed by atoms with Crippen molar-refractivity contribution in [2.24, 2.45) is 0 Å². The molecule has 0 radical (unpaired) electrons. The van der Waals surface area contributed by atoms with Gasteiger partial charge in [0.15, 0.2) is 5.76 Å². The van der Waals surface area contributed by atoms with Crippen LogP contribution in [-0.4, -0.2) is 21.7 Å². The van der Waals surface area contributed by atoms with Crippen LogP contribution >= 0.6 is 0 Å². The highest BCUT2D eigenvalue weighted by atomic mass is 16.3. The number of furan rings is 1. The first-order chi connectivity index (χ1) is 13.5. The van der Waals surface area contributed by atoms with Crippen molar-refractivity contribution in [3.63, 3.8) is 0 Å². The number of aromatic nitrogens is 2. The molecule has 5 heteroatoms. The lowest BCUT2D eigenvalue weighted by atomic mass is 9.95. The van der Waals surface area contributed by atoms with Crippen molar-refractivity contribution in [1.29, 1.82) is 0 Å². The molecule has 1 aliphatic rings. The number of aryl methyl sites for hydroxylation is 3. The molecule has 1 aliphatic carbocycles. The summed E-state index contributed by atoms with van der Waals surface area (Å²) < 4.78 is 7.50. The van der Waals surface area contributed by atoms with Crippen LogP contribution < -0.4 is 5.32 Å². The number of hydrogen-bond acceptors (Lipinski definition) is 3. The van der Waals surface area contributed by atoms with Crippen molar-refractivity contribution in [3.8, 4) is 17.1 Å². The number of hydrogen-bond donors (Lipinski definition) is 1. The van der Waals surface area contributed by atoms with Crippen molar-refractivity contribution < 1.29 is 9.21 Å². The van der Waals surface area contributed by atoms with E-state index in [-0.39, 0.29) is 11.9 Å². The van der Waals surface area contributed by atoms with E-state index in [0.29, 0.717) is 17.1 Å². The second kappa shape index (κ2) is 7.66. The molecule has 4 rings (SSSR count). The highest BCUT2D eigenvalue weighted by Gasteiger charge is 2.23. The zero-order chi connectivity index (χ0) is 19.7. The predicted octanol–water partition coefficient (Wildman–Crippen LogP) is 5.12. The molecule has 0 spiro atoms. The molecule has 0 saturated heterocycles. The van der Waals surface area contributed by atoms with Gasteiger partial charge < -0.3 is 9.73 Å². The van der Waals surface area contributed by atoms with Crippen LogP contribution in [0.5, 0.6) is 0 Å². The van der Waals surface area contributed by atoms with E-state index >= 15 is 0 Å². The van der Waals surface area contributed by atoms with Crippen LogP contribution in [0.4, 0.5) is 0 Å². The highest BCUT2D eigenvalue weighted by molar-refractivity contribution is 5.94. The van der Waals surface area contributed by atoms with Crippen molar-refractivity contribution in [2.45, 2.75) is 58.9 Å². The molecule has 1 aromatic carbocycles. The molecule has 1 amide bonds. The van der Waals surface area contributed by atoms with Crippen LogP contribution in [0, 0.1) is 20.8 Å². The fraction of sp³-hybridized carbons (Fsp3) is 0.391. The molecule has 146 valence electrons. The number of amides is 1. The van der Waals surface area contributed by atoms with Crippen LogP contribution in [0.25, 0.3) is 17.1 Å². The molecule has 1 N–H and O–H groups in total. The molecule has 1 saturated carbocycles. The quantitative estimate of drug-likeness (QED) is 0.686. The van der Waals surface area contributed by atoms with E-state index in [4.69, 9.17) is 9.52 Å². The van der Waals surface area contributed by atoms with Crippen molar-refractivity contribution in [2.75, 3.05) is 0 Å². The van der Waals surface area contributed by atoms with E-state index < -0.39 is 0 Å². The fourth-order valence-electron chi connectivity index (χ4n) is 3.97. The first-order valence-electron chi connectivity index (χ1n) is 10.1. The van der Waals surface area contributed by atoms with E-state index in [1.165, 1.54) is 24.8 Å². The van der Waals surface area contributed by atoms with Gasteiger partial charge in [0.25, 0.3) is 5.91 Å². The molecule has 3 aromatic rings. The summed E-state index contributed by atoms with van der Waals surface area (Å²) in [5.41, 5.74) is 4.39. The van der Waals surface area contributed by atoms with E-state index in [2.05, 4.69) is 18.3 Å². The summed E-state index contributed by atoms with van der Waals surface area (Å²) in [6.45, 7) is 6.01. The second-order valence-electron chi connectivity index (χ2n) is 7.84. The first-order valence-corrected chi connectivity index (χ1v) is 10.1. The minimum absolute atomic E-state index is 0.0751. The zero-order valence-corrected chi connectivity index (χ0v) is 16.8. The van der Waals surface area contributed by atoms with Crippen LogP contribution in [0.1, 0.15) is 59.5 Å².